The first-order chi connectivity index (χ1) is 23.5. The van der Waals surface area contributed by atoms with Crippen molar-refractivity contribution < 1.29 is 33.5 Å². The van der Waals surface area contributed by atoms with Crippen molar-refractivity contribution in [3.05, 3.63) is 119 Å². The van der Waals surface area contributed by atoms with Crippen molar-refractivity contribution in [2.24, 2.45) is 5.16 Å². The van der Waals surface area contributed by atoms with Gasteiger partial charge in [0.25, 0.3) is 11.8 Å². The summed E-state index contributed by atoms with van der Waals surface area (Å²) in [5.41, 5.74) is 7.21. The molecule has 1 saturated heterocycles. The van der Waals surface area contributed by atoms with E-state index < -0.39 is 46.9 Å². The van der Waals surface area contributed by atoms with E-state index in [0.29, 0.717) is 11.3 Å². The molecule has 1 fully saturated rings. The molecule has 3 aromatic rings. The molecule has 49 heavy (non-hydrogen) atoms. The number of anilines is 1. The zero-order valence-electron chi connectivity index (χ0n) is 27.0. The second-order valence-electron chi connectivity index (χ2n) is 11.8. The quantitative estimate of drug-likeness (QED) is 0.0686. The van der Waals surface area contributed by atoms with Crippen molar-refractivity contribution in [1.29, 1.82) is 0 Å². The van der Waals surface area contributed by atoms with Gasteiger partial charge in [0.15, 0.2) is 16.9 Å². The molecular formula is C35H35N5O7S2. The summed E-state index contributed by atoms with van der Waals surface area (Å²) in [6, 6.07) is 17.6. The van der Waals surface area contributed by atoms with Gasteiger partial charge in [-0.15, -0.1) is 23.1 Å². The van der Waals surface area contributed by atoms with E-state index in [1.165, 1.54) is 40.3 Å². The first-order valence-electron chi connectivity index (χ1n) is 15.2. The van der Waals surface area contributed by atoms with Crippen LogP contribution >= 0.6 is 23.1 Å². The fourth-order valence-corrected chi connectivity index (χ4v) is 6.86. The van der Waals surface area contributed by atoms with Crippen LogP contribution in [0.1, 0.15) is 43.7 Å². The van der Waals surface area contributed by atoms with Crippen LogP contribution in [0.5, 0.6) is 0 Å². The van der Waals surface area contributed by atoms with Crippen LogP contribution in [-0.2, 0) is 33.5 Å². The van der Waals surface area contributed by atoms with Crippen LogP contribution in [0.25, 0.3) is 0 Å². The van der Waals surface area contributed by atoms with Gasteiger partial charge in [0, 0.05) is 17.2 Å². The fourth-order valence-electron chi connectivity index (χ4n) is 4.97. The SMILES string of the molecule is C=CC1=C(C(=O)OC(c2ccccc2)c2ccccc2)N2C(=O)C(NC(=O)C(=NOC/C=C/C(=O)OC(C)(C)C)c3csc(N)n3)[C@H]2SC1. The standard InChI is InChI=1S/C35H35N5O7S2/c1-5-21-19-48-32-27(38-30(42)26(24-20-49-34(36)37-24)39-45-18-12-17-25(41)47-35(2,3)4)31(43)40(32)28(21)33(44)46-29(22-13-8-6-9-14-22)23-15-10-7-11-16-23/h5-17,20,27,29,32H,1,18-19H2,2-4H3,(H2,36,37)(H,38,42)/b17-12+,39-26?/t27?,32-/m1/s1. The number of ether oxygens (including phenoxy) is 2. The smallest absolute Gasteiger partial charge is 0.356 e. The van der Waals surface area contributed by atoms with Gasteiger partial charge in [-0.1, -0.05) is 78.5 Å². The van der Waals surface area contributed by atoms with Crippen LogP contribution in [-0.4, -0.2) is 68.7 Å². The molecule has 0 aliphatic carbocycles. The van der Waals surface area contributed by atoms with Gasteiger partial charge in [0.05, 0.1) is 0 Å². The molecule has 2 aliphatic heterocycles. The minimum absolute atomic E-state index is 0.0763. The highest BCUT2D eigenvalue weighted by atomic mass is 32.2. The number of allylic oxidation sites excluding steroid dienone is 1. The van der Waals surface area contributed by atoms with E-state index in [1.807, 2.05) is 60.7 Å². The Morgan fingerprint density at radius 2 is 1.78 bits per heavy atom. The number of hydrogen-bond acceptors (Lipinski definition) is 12. The average molecular weight is 702 g/mol. The third-order valence-corrected chi connectivity index (χ3v) is 9.10. The Hall–Kier alpha value is -5.21. The summed E-state index contributed by atoms with van der Waals surface area (Å²) >= 11 is 2.47. The Labute approximate surface area is 291 Å². The summed E-state index contributed by atoms with van der Waals surface area (Å²) in [6.45, 7) is 8.94. The molecule has 14 heteroatoms. The maximum absolute atomic E-state index is 13.9. The van der Waals surface area contributed by atoms with Gasteiger partial charge in [0.1, 0.15) is 35.0 Å². The number of nitrogens with two attached hydrogens (primary N) is 1. The van der Waals surface area contributed by atoms with Gasteiger partial charge in [0.2, 0.25) is 0 Å². The summed E-state index contributed by atoms with van der Waals surface area (Å²) in [6.07, 6.45) is 3.39. The molecule has 2 atom stereocenters. The number of amides is 2. The molecule has 254 valence electrons. The first kappa shape index (κ1) is 35.1. The van der Waals surface area contributed by atoms with Crippen molar-refractivity contribution in [3.8, 4) is 0 Å². The van der Waals surface area contributed by atoms with Crippen molar-refractivity contribution in [3.63, 3.8) is 0 Å². The number of nitrogen functional groups attached to an aromatic ring is 1. The Morgan fingerprint density at radius 1 is 1.12 bits per heavy atom. The molecule has 0 spiro atoms. The number of β-lactam (4-membered cyclic amide) rings is 1. The van der Waals surface area contributed by atoms with Gasteiger partial charge in [-0.3, -0.25) is 14.5 Å². The van der Waals surface area contributed by atoms with Crippen LogP contribution in [0.3, 0.4) is 0 Å². The van der Waals surface area contributed by atoms with Crippen molar-refractivity contribution in [2.75, 3.05) is 18.1 Å². The molecule has 2 amide bonds. The molecule has 12 nitrogen and oxygen atoms in total. The first-order valence-corrected chi connectivity index (χ1v) is 17.1. The number of aromatic nitrogens is 1. The lowest BCUT2D eigenvalue weighted by molar-refractivity contribution is -0.154. The molecule has 1 unspecified atom stereocenters. The normalized spacial score (nSPS) is 17.8. The molecule has 0 saturated carbocycles. The number of thioether (sulfide) groups is 1. The van der Waals surface area contributed by atoms with Crippen LogP contribution in [0.15, 0.2) is 107 Å². The highest BCUT2D eigenvalue weighted by Crippen LogP contribution is 2.42. The number of esters is 2. The summed E-state index contributed by atoms with van der Waals surface area (Å²) in [5, 5.41) is 7.78. The molecule has 0 radical (unpaired) electrons. The average Bonchev–Trinajstić information content (AvgIpc) is 3.52. The van der Waals surface area contributed by atoms with E-state index in [1.54, 1.807) is 20.8 Å². The number of carbonyl (C=O) groups excluding carboxylic acids is 4. The van der Waals surface area contributed by atoms with E-state index >= 15 is 0 Å². The number of fused-ring (bicyclic) bond motifs is 1. The second-order valence-corrected chi connectivity index (χ2v) is 13.8. The Balaban J connectivity index is 1.31. The summed E-state index contributed by atoms with van der Waals surface area (Å²) in [7, 11) is 0. The van der Waals surface area contributed by atoms with Crippen molar-refractivity contribution in [2.45, 2.75) is 43.9 Å². The van der Waals surface area contributed by atoms with Crippen LogP contribution in [0, 0.1) is 0 Å². The Morgan fingerprint density at radius 3 is 2.35 bits per heavy atom. The Bertz CT molecular complexity index is 1780. The number of carbonyl (C=O) groups is 4. The van der Waals surface area contributed by atoms with Gasteiger partial charge in [-0.05, 0) is 43.5 Å². The van der Waals surface area contributed by atoms with E-state index in [9.17, 15) is 19.2 Å². The number of nitrogens with one attached hydrogen (secondary N) is 1. The molecule has 1 aromatic heterocycles. The summed E-state index contributed by atoms with van der Waals surface area (Å²) in [5.74, 6) is -2.14. The predicted octanol–water partition coefficient (Wildman–Crippen LogP) is 4.52. The Kier molecular flexibility index (Phi) is 11.0. The van der Waals surface area contributed by atoms with Gasteiger partial charge in [-0.25, -0.2) is 14.6 Å². The minimum atomic E-state index is -0.987. The number of hydrogen-bond donors (Lipinski definition) is 2. The van der Waals surface area contributed by atoms with E-state index in [0.717, 1.165) is 22.5 Å². The number of thiazole rings is 1. The number of benzene rings is 2. The van der Waals surface area contributed by atoms with Gasteiger partial charge < -0.3 is 25.4 Å². The highest BCUT2D eigenvalue weighted by Gasteiger charge is 2.54. The van der Waals surface area contributed by atoms with Crippen LogP contribution in [0.4, 0.5) is 5.13 Å². The van der Waals surface area contributed by atoms with Crippen LogP contribution in [0.2, 0.25) is 0 Å². The maximum atomic E-state index is 13.9. The fraction of sp³-hybridized carbons (Fsp3) is 0.257. The number of rotatable bonds is 12. The molecule has 0 bridgehead atoms. The van der Waals surface area contributed by atoms with Crippen molar-refractivity contribution in [1.82, 2.24) is 15.2 Å². The lowest BCUT2D eigenvalue weighted by Gasteiger charge is -2.49. The summed E-state index contributed by atoms with van der Waals surface area (Å²) in [4.78, 5) is 63.7. The third-order valence-electron chi connectivity index (χ3n) is 7.12. The monoisotopic (exact) mass is 701 g/mol. The molecule has 2 aromatic carbocycles. The minimum Gasteiger partial charge on any atom is -0.457 e. The second kappa shape index (κ2) is 15.3. The zero-order chi connectivity index (χ0) is 35.1. The van der Waals surface area contributed by atoms with Gasteiger partial charge in [-0.2, -0.15) is 0 Å². The third kappa shape index (κ3) is 8.45. The lowest BCUT2D eigenvalue weighted by Crippen LogP contribution is -2.71. The van der Waals surface area contributed by atoms with Crippen LogP contribution < -0.4 is 11.1 Å². The number of nitrogens with zero attached hydrogens (tertiary/aromatic N) is 3. The molecule has 3 N–H and O–H groups in total. The van der Waals surface area contributed by atoms with E-state index in [-0.39, 0.29) is 28.8 Å². The zero-order valence-corrected chi connectivity index (χ0v) is 28.7. The van der Waals surface area contributed by atoms with Gasteiger partial charge >= 0.3 is 11.9 Å². The van der Waals surface area contributed by atoms with E-state index in [4.69, 9.17) is 20.0 Å². The predicted molar refractivity (Wildman–Crippen MR) is 187 cm³/mol. The van der Waals surface area contributed by atoms with Crippen molar-refractivity contribution >= 4 is 57.7 Å². The molecule has 2 aliphatic rings. The highest BCUT2D eigenvalue weighted by molar-refractivity contribution is 8.00. The number of oxime groups is 1. The summed E-state index contributed by atoms with van der Waals surface area (Å²) < 4.78 is 11.3. The molecule has 5 rings (SSSR count). The lowest BCUT2D eigenvalue weighted by atomic mass is 10.0. The largest absolute Gasteiger partial charge is 0.457 e. The topological polar surface area (TPSA) is 163 Å². The molecule has 3 heterocycles. The maximum Gasteiger partial charge on any atom is 0.356 e. The molecular weight excluding hydrogens is 667 g/mol. The van der Waals surface area contributed by atoms with E-state index in [2.05, 4.69) is 22.0 Å².